The molecule has 0 radical (unpaired) electrons. The summed E-state index contributed by atoms with van der Waals surface area (Å²) in [5.74, 6) is 0. The van der Waals surface area contributed by atoms with Crippen molar-refractivity contribution in [3.8, 4) is 0 Å². The summed E-state index contributed by atoms with van der Waals surface area (Å²) in [7, 11) is -1.17. The van der Waals surface area contributed by atoms with Gasteiger partial charge in [-0.05, 0) is 18.9 Å². The zero-order chi connectivity index (χ0) is 9.19. The molecule has 0 N–H and O–H groups in total. The molecule has 1 aromatic carbocycles. The van der Waals surface area contributed by atoms with Gasteiger partial charge in [0.15, 0.2) is 0 Å². The van der Waals surface area contributed by atoms with Crippen molar-refractivity contribution < 1.29 is 0 Å². The van der Waals surface area contributed by atoms with E-state index >= 15 is 0 Å². The van der Waals surface area contributed by atoms with Gasteiger partial charge in [-0.25, -0.2) is 0 Å². The van der Waals surface area contributed by atoms with Crippen molar-refractivity contribution in [2.75, 3.05) is 0 Å². The van der Waals surface area contributed by atoms with Gasteiger partial charge in [0.1, 0.15) is 0 Å². The lowest BCUT2D eigenvalue weighted by Gasteiger charge is -2.16. The number of nitrogens with zero attached hydrogens (tertiary/aromatic N) is 1. The molecule has 0 fully saturated rings. The fourth-order valence-corrected chi connectivity index (χ4v) is 2.25. The fourth-order valence-electron chi connectivity index (χ4n) is 1.07. The molecule has 0 amide bonds. The first-order valence-electron chi connectivity index (χ1n) is 4.11. The molecule has 0 spiro atoms. The maximum Gasteiger partial charge on any atom is 0.0776 e. The Morgan fingerprint density at radius 3 is 2.42 bits per heavy atom. The van der Waals surface area contributed by atoms with E-state index in [4.69, 9.17) is 0 Å². The van der Waals surface area contributed by atoms with E-state index in [1.54, 1.807) is 0 Å². The minimum atomic E-state index is -1.17. The van der Waals surface area contributed by atoms with Crippen LogP contribution in [0.5, 0.6) is 0 Å². The zero-order valence-electron chi connectivity index (χ0n) is 7.96. The van der Waals surface area contributed by atoms with E-state index in [0.717, 1.165) is 5.69 Å². The average molecular weight is 177 g/mol. The maximum atomic E-state index is 3.92. The average Bonchev–Trinajstić information content (AvgIpc) is 2.03. The van der Waals surface area contributed by atoms with Crippen molar-refractivity contribution in [1.82, 2.24) is 0 Å². The second-order valence-corrected chi connectivity index (χ2v) is 9.04. The molecule has 0 bridgehead atoms. The summed E-state index contributed by atoms with van der Waals surface area (Å²) in [6.07, 6.45) is 0. The molecule has 0 saturated carbocycles. The summed E-state index contributed by atoms with van der Waals surface area (Å²) in [4.78, 5) is 3.92. The van der Waals surface area contributed by atoms with Crippen molar-refractivity contribution >= 4 is 25.7 Å². The molecule has 12 heavy (non-hydrogen) atoms. The quantitative estimate of drug-likeness (QED) is 0.486. The Bertz CT molecular complexity index is 286. The van der Waals surface area contributed by atoms with Crippen molar-refractivity contribution in [1.29, 1.82) is 0 Å². The van der Waals surface area contributed by atoms with Crippen LogP contribution in [0.1, 0.15) is 0 Å². The van der Waals surface area contributed by atoms with Crippen LogP contribution in [-0.2, 0) is 0 Å². The van der Waals surface area contributed by atoms with Crippen LogP contribution in [-0.4, -0.2) is 14.8 Å². The van der Waals surface area contributed by atoms with Crippen molar-refractivity contribution in [2.45, 2.75) is 19.6 Å². The van der Waals surface area contributed by atoms with Crippen LogP contribution in [0.25, 0.3) is 0 Å². The first kappa shape index (κ1) is 9.20. The summed E-state index contributed by atoms with van der Waals surface area (Å²) in [6.45, 7) is 10.5. The molecule has 0 unspecified atom stereocenters. The summed E-state index contributed by atoms with van der Waals surface area (Å²) < 4.78 is 0. The number of aliphatic imine (C=N–C) groups is 1. The van der Waals surface area contributed by atoms with Gasteiger partial charge in [0.25, 0.3) is 0 Å². The second kappa shape index (κ2) is 3.23. The summed E-state index contributed by atoms with van der Waals surface area (Å²) >= 11 is 0. The molecular weight excluding hydrogens is 162 g/mol. The topological polar surface area (TPSA) is 12.4 Å². The molecule has 1 nitrogen and oxygen atoms in total. The molecule has 1 rings (SSSR count). The lowest BCUT2D eigenvalue weighted by molar-refractivity contribution is 1.56. The van der Waals surface area contributed by atoms with Gasteiger partial charge in [0.05, 0.1) is 13.8 Å². The Morgan fingerprint density at radius 2 is 1.92 bits per heavy atom. The lowest BCUT2D eigenvalue weighted by atomic mass is 10.3. The van der Waals surface area contributed by atoms with Crippen LogP contribution >= 0.6 is 0 Å². The highest BCUT2D eigenvalue weighted by molar-refractivity contribution is 6.88. The van der Waals surface area contributed by atoms with E-state index in [0.29, 0.717) is 0 Å². The van der Waals surface area contributed by atoms with Crippen LogP contribution in [0.3, 0.4) is 0 Å². The van der Waals surface area contributed by atoms with Gasteiger partial charge < -0.3 is 0 Å². The van der Waals surface area contributed by atoms with Crippen molar-refractivity contribution in [3.05, 3.63) is 24.3 Å². The molecular formula is C10H15NSi. The first-order valence-corrected chi connectivity index (χ1v) is 7.61. The SMILES string of the molecule is C=Nc1cccc([Si](C)(C)C)c1. The standard InChI is InChI=1S/C10H15NSi/c1-11-9-6-5-7-10(8-9)12(2,3)4/h5-8H,1H2,2-4H3. The molecule has 0 saturated heterocycles. The third-order valence-electron chi connectivity index (χ3n) is 1.89. The highest BCUT2D eigenvalue weighted by Gasteiger charge is 2.15. The first-order chi connectivity index (χ1) is 5.54. The monoisotopic (exact) mass is 177 g/mol. The Labute approximate surface area is 75.2 Å². The van der Waals surface area contributed by atoms with Gasteiger partial charge in [0.2, 0.25) is 0 Å². The van der Waals surface area contributed by atoms with Crippen LogP contribution in [0.4, 0.5) is 5.69 Å². The highest BCUT2D eigenvalue weighted by atomic mass is 28.3. The Hall–Kier alpha value is -0.893. The van der Waals surface area contributed by atoms with Gasteiger partial charge in [-0.15, -0.1) is 0 Å². The van der Waals surface area contributed by atoms with Gasteiger partial charge in [-0.1, -0.05) is 37.0 Å². The van der Waals surface area contributed by atoms with E-state index in [1.165, 1.54) is 5.19 Å². The van der Waals surface area contributed by atoms with E-state index < -0.39 is 8.07 Å². The fraction of sp³-hybridized carbons (Fsp3) is 0.300. The largest absolute Gasteiger partial charge is 0.265 e. The number of hydrogen-bond acceptors (Lipinski definition) is 1. The number of benzene rings is 1. The van der Waals surface area contributed by atoms with Crippen LogP contribution in [0.2, 0.25) is 19.6 Å². The summed E-state index contributed by atoms with van der Waals surface area (Å²) in [5.41, 5.74) is 0.981. The van der Waals surface area contributed by atoms with Gasteiger partial charge in [-0.2, -0.15) is 0 Å². The molecule has 0 aromatic heterocycles. The minimum Gasteiger partial charge on any atom is -0.265 e. The Morgan fingerprint density at radius 1 is 1.25 bits per heavy atom. The van der Waals surface area contributed by atoms with Gasteiger partial charge in [-0.3, -0.25) is 4.99 Å². The van der Waals surface area contributed by atoms with E-state index in [9.17, 15) is 0 Å². The zero-order valence-corrected chi connectivity index (χ0v) is 8.96. The Balaban J connectivity index is 3.10. The van der Waals surface area contributed by atoms with Crippen LogP contribution in [0, 0.1) is 0 Å². The number of hydrogen-bond donors (Lipinski definition) is 0. The van der Waals surface area contributed by atoms with Gasteiger partial charge in [0, 0.05) is 0 Å². The van der Waals surface area contributed by atoms with Gasteiger partial charge >= 0.3 is 0 Å². The molecule has 1 aromatic rings. The molecule has 0 heterocycles. The lowest BCUT2D eigenvalue weighted by Crippen LogP contribution is -2.37. The molecule has 0 aliphatic rings. The minimum absolute atomic E-state index is 0.981. The van der Waals surface area contributed by atoms with Crippen LogP contribution in [0.15, 0.2) is 29.3 Å². The third-order valence-corrected chi connectivity index (χ3v) is 3.94. The normalized spacial score (nSPS) is 11.2. The molecule has 64 valence electrons. The van der Waals surface area contributed by atoms with Crippen molar-refractivity contribution in [3.63, 3.8) is 0 Å². The predicted octanol–water partition coefficient (Wildman–Crippen LogP) is 2.56. The summed E-state index contributed by atoms with van der Waals surface area (Å²) in [5, 5.41) is 1.44. The van der Waals surface area contributed by atoms with E-state index in [1.807, 2.05) is 6.07 Å². The molecule has 0 atom stereocenters. The number of rotatable bonds is 2. The van der Waals surface area contributed by atoms with Crippen LogP contribution < -0.4 is 5.19 Å². The molecule has 0 aliphatic heterocycles. The summed E-state index contributed by atoms with van der Waals surface area (Å²) in [6, 6.07) is 8.36. The maximum absolute atomic E-state index is 3.92. The molecule has 2 heteroatoms. The van der Waals surface area contributed by atoms with Crippen molar-refractivity contribution in [2.24, 2.45) is 4.99 Å². The Kier molecular flexibility index (Phi) is 2.48. The highest BCUT2D eigenvalue weighted by Crippen LogP contribution is 2.10. The smallest absolute Gasteiger partial charge is 0.0776 e. The van der Waals surface area contributed by atoms with E-state index in [-0.39, 0.29) is 0 Å². The third kappa shape index (κ3) is 2.05. The predicted molar refractivity (Wildman–Crippen MR) is 58.6 cm³/mol. The molecule has 0 aliphatic carbocycles. The second-order valence-electron chi connectivity index (χ2n) is 3.96. The van der Waals surface area contributed by atoms with E-state index in [2.05, 4.69) is 49.6 Å².